The lowest BCUT2D eigenvalue weighted by molar-refractivity contribution is 0.0956. The molecule has 1 saturated carbocycles. The molecule has 3 N–H and O–H groups in total. The Morgan fingerprint density at radius 1 is 1.30 bits per heavy atom. The number of hydrogen-bond acceptors (Lipinski definition) is 5. The number of ether oxygens (including phenoxy) is 1. The molecule has 0 spiro atoms. The standard InChI is InChI=1S/C14H22N4O2/c1-16-13(19)11-6-7-12(18-17-11)20-10-14(15)8-4-2-3-5-9-14/h6-7H,2-5,8-10,15H2,1H3,(H,16,19). The Hall–Kier alpha value is -1.69. The summed E-state index contributed by atoms with van der Waals surface area (Å²) >= 11 is 0. The number of carbonyl (C=O) groups excluding carboxylic acids is 1. The molecule has 0 aliphatic heterocycles. The third kappa shape index (κ3) is 3.90. The van der Waals surface area contributed by atoms with Crippen LogP contribution in [0.5, 0.6) is 5.88 Å². The molecular weight excluding hydrogens is 256 g/mol. The number of aromatic nitrogens is 2. The average Bonchev–Trinajstić information content (AvgIpc) is 2.70. The molecule has 0 atom stereocenters. The van der Waals surface area contributed by atoms with E-state index in [0.717, 1.165) is 25.7 Å². The maximum atomic E-state index is 11.3. The van der Waals surface area contributed by atoms with Crippen LogP contribution < -0.4 is 15.8 Å². The Bertz CT molecular complexity index is 439. The van der Waals surface area contributed by atoms with Crippen LogP contribution in [0.2, 0.25) is 0 Å². The minimum Gasteiger partial charge on any atom is -0.475 e. The van der Waals surface area contributed by atoms with Crippen LogP contribution in [0, 0.1) is 0 Å². The van der Waals surface area contributed by atoms with Crippen molar-refractivity contribution < 1.29 is 9.53 Å². The highest BCUT2D eigenvalue weighted by molar-refractivity contribution is 5.91. The molecule has 0 bridgehead atoms. The third-order valence-electron chi connectivity index (χ3n) is 3.71. The fraction of sp³-hybridized carbons (Fsp3) is 0.643. The first-order valence-corrected chi connectivity index (χ1v) is 7.10. The summed E-state index contributed by atoms with van der Waals surface area (Å²) in [6, 6.07) is 3.25. The van der Waals surface area contributed by atoms with Gasteiger partial charge in [-0.2, -0.15) is 0 Å². The zero-order valence-corrected chi connectivity index (χ0v) is 11.9. The van der Waals surface area contributed by atoms with Gasteiger partial charge in [0.1, 0.15) is 6.61 Å². The largest absolute Gasteiger partial charge is 0.475 e. The molecule has 1 fully saturated rings. The molecule has 0 radical (unpaired) electrons. The predicted octanol–water partition coefficient (Wildman–Crippen LogP) is 1.27. The highest BCUT2D eigenvalue weighted by atomic mass is 16.5. The highest BCUT2D eigenvalue weighted by Gasteiger charge is 2.27. The van der Waals surface area contributed by atoms with Gasteiger partial charge < -0.3 is 15.8 Å². The van der Waals surface area contributed by atoms with Crippen molar-refractivity contribution in [1.29, 1.82) is 0 Å². The third-order valence-corrected chi connectivity index (χ3v) is 3.71. The SMILES string of the molecule is CNC(=O)c1ccc(OCC2(N)CCCCCC2)nn1. The predicted molar refractivity (Wildman–Crippen MR) is 75.5 cm³/mol. The van der Waals surface area contributed by atoms with Gasteiger partial charge in [0.25, 0.3) is 5.91 Å². The van der Waals surface area contributed by atoms with E-state index in [1.54, 1.807) is 19.2 Å². The van der Waals surface area contributed by atoms with Gasteiger partial charge in [0.05, 0.1) is 5.54 Å². The second-order valence-electron chi connectivity index (χ2n) is 5.40. The van der Waals surface area contributed by atoms with E-state index in [9.17, 15) is 4.79 Å². The molecular formula is C14H22N4O2. The van der Waals surface area contributed by atoms with Gasteiger partial charge in [-0.05, 0) is 18.9 Å². The number of nitrogens with zero attached hydrogens (tertiary/aromatic N) is 2. The van der Waals surface area contributed by atoms with Gasteiger partial charge >= 0.3 is 0 Å². The van der Waals surface area contributed by atoms with E-state index < -0.39 is 0 Å². The Morgan fingerprint density at radius 3 is 2.55 bits per heavy atom. The van der Waals surface area contributed by atoms with Gasteiger partial charge in [0, 0.05) is 13.1 Å². The van der Waals surface area contributed by atoms with E-state index in [2.05, 4.69) is 15.5 Å². The van der Waals surface area contributed by atoms with Gasteiger partial charge in [-0.25, -0.2) is 0 Å². The average molecular weight is 278 g/mol. The zero-order valence-electron chi connectivity index (χ0n) is 11.9. The van der Waals surface area contributed by atoms with Crippen LogP contribution in [-0.2, 0) is 0 Å². The summed E-state index contributed by atoms with van der Waals surface area (Å²) in [6.45, 7) is 0.445. The first-order chi connectivity index (χ1) is 9.63. The Kier molecular flexibility index (Phi) is 4.89. The fourth-order valence-corrected chi connectivity index (χ4v) is 2.44. The lowest BCUT2D eigenvalue weighted by Gasteiger charge is -2.27. The van der Waals surface area contributed by atoms with Crippen LogP contribution in [0.4, 0.5) is 0 Å². The fourth-order valence-electron chi connectivity index (χ4n) is 2.44. The molecule has 6 nitrogen and oxygen atoms in total. The van der Waals surface area contributed by atoms with Crippen molar-refractivity contribution in [3.8, 4) is 5.88 Å². The Balaban J connectivity index is 1.91. The number of nitrogens with one attached hydrogen (secondary N) is 1. The zero-order chi connectivity index (χ0) is 14.4. The molecule has 1 aromatic rings. The van der Waals surface area contributed by atoms with Gasteiger partial charge in [0.2, 0.25) is 5.88 Å². The normalized spacial score (nSPS) is 18.1. The summed E-state index contributed by atoms with van der Waals surface area (Å²) in [6.07, 6.45) is 6.77. The molecule has 110 valence electrons. The molecule has 20 heavy (non-hydrogen) atoms. The topological polar surface area (TPSA) is 90.1 Å². The summed E-state index contributed by atoms with van der Waals surface area (Å²) in [4.78, 5) is 11.3. The summed E-state index contributed by atoms with van der Waals surface area (Å²) in [5, 5.41) is 10.2. The molecule has 0 unspecified atom stereocenters. The molecule has 6 heteroatoms. The van der Waals surface area contributed by atoms with Crippen molar-refractivity contribution in [2.75, 3.05) is 13.7 Å². The summed E-state index contributed by atoms with van der Waals surface area (Å²) in [7, 11) is 1.55. The minimum absolute atomic E-state index is 0.261. The Morgan fingerprint density at radius 2 is 2.00 bits per heavy atom. The second-order valence-corrected chi connectivity index (χ2v) is 5.40. The minimum atomic E-state index is -0.266. The molecule has 1 aliphatic carbocycles. The van der Waals surface area contributed by atoms with Crippen LogP contribution >= 0.6 is 0 Å². The van der Waals surface area contributed by atoms with E-state index in [-0.39, 0.29) is 17.1 Å². The van der Waals surface area contributed by atoms with Crippen molar-refractivity contribution in [2.45, 2.75) is 44.1 Å². The van der Waals surface area contributed by atoms with E-state index in [1.807, 2.05) is 0 Å². The van der Waals surface area contributed by atoms with Crippen molar-refractivity contribution in [1.82, 2.24) is 15.5 Å². The van der Waals surface area contributed by atoms with Crippen LogP contribution in [0.25, 0.3) is 0 Å². The maximum Gasteiger partial charge on any atom is 0.271 e. The highest BCUT2D eigenvalue weighted by Crippen LogP contribution is 2.25. The van der Waals surface area contributed by atoms with Crippen LogP contribution in [0.1, 0.15) is 49.0 Å². The molecule has 0 saturated heterocycles. The van der Waals surface area contributed by atoms with Gasteiger partial charge in [-0.1, -0.05) is 25.7 Å². The number of hydrogen-bond donors (Lipinski definition) is 2. The van der Waals surface area contributed by atoms with Gasteiger partial charge in [-0.15, -0.1) is 10.2 Å². The summed E-state index contributed by atoms with van der Waals surface area (Å²) in [5.41, 5.74) is 6.38. The lowest BCUT2D eigenvalue weighted by Crippen LogP contribution is -2.45. The molecule has 0 aromatic carbocycles. The van der Waals surface area contributed by atoms with E-state index in [4.69, 9.17) is 10.5 Å². The smallest absolute Gasteiger partial charge is 0.271 e. The van der Waals surface area contributed by atoms with Crippen LogP contribution in [0.15, 0.2) is 12.1 Å². The lowest BCUT2D eigenvalue weighted by atomic mass is 9.93. The van der Waals surface area contributed by atoms with Crippen molar-refractivity contribution in [3.63, 3.8) is 0 Å². The number of nitrogens with two attached hydrogens (primary N) is 1. The second kappa shape index (κ2) is 6.65. The maximum absolute atomic E-state index is 11.3. The van der Waals surface area contributed by atoms with Crippen molar-refractivity contribution in [3.05, 3.63) is 17.8 Å². The molecule has 1 heterocycles. The molecule has 1 aliphatic rings. The van der Waals surface area contributed by atoms with E-state index >= 15 is 0 Å². The summed E-state index contributed by atoms with van der Waals surface area (Å²) < 4.78 is 5.64. The summed E-state index contributed by atoms with van der Waals surface area (Å²) in [5.74, 6) is 0.148. The molecule has 1 amide bonds. The van der Waals surface area contributed by atoms with E-state index in [1.165, 1.54) is 12.8 Å². The first-order valence-electron chi connectivity index (χ1n) is 7.10. The Labute approximate surface area is 119 Å². The van der Waals surface area contributed by atoms with E-state index in [0.29, 0.717) is 12.5 Å². The van der Waals surface area contributed by atoms with Crippen molar-refractivity contribution >= 4 is 5.91 Å². The van der Waals surface area contributed by atoms with Crippen LogP contribution in [0.3, 0.4) is 0 Å². The monoisotopic (exact) mass is 278 g/mol. The molecule has 1 aromatic heterocycles. The number of amides is 1. The quantitative estimate of drug-likeness (QED) is 0.809. The van der Waals surface area contributed by atoms with Crippen LogP contribution in [-0.4, -0.2) is 35.3 Å². The number of rotatable bonds is 4. The van der Waals surface area contributed by atoms with Crippen molar-refractivity contribution in [2.24, 2.45) is 5.73 Å². The molecule has 2 rings (SSSR count). The first kappa shape index (κ1) is 14.7. The number of carbonyl (C=O) groups is 1. The van der Waals surface area contributed by atoms with Gasteiger partial charge in [-0.3, -0.25) is 4.79 Å². The van der Waals surface area contributed by atoms with Gasteiger partial charge in [0.15, 0.2) is 5.69 Å².